The molecule has 0 bridgehead atoms. The van der Waals surface area contributed by atoms with Gasteiger partial charge < -0.3 is 0 Å². The highest BCUT2D eigenvalue weighted by molar-refractivity contribution is 8.18. The first kappa shape index (κ1) is 15.8. The van der Waals surface area contributed by atoms with Crippen LogP contribution >= 0.6 is 23.4 Å². The first-order chi connectivity index (χ1) is 11.0. The van der Waals surface area contributed by atoms with Gasteiger partial charge in [-0.15, -0.1) is 0 Å². The van der Waals surface area contributed by atoms with Gasteiger partial charge >= 0.3 is 0 Å². The monoisotopic (exact) mass is 343 g/mol. The zero-order valence-corrected chi connectivity index (χ0v) is 14.0. The smallest absolute Gasteiger partial charge is 0.268 e. The number of aryl methyl sites for hydroxylation is 1. The minimum absolute atomic E-state index is 0.190. The standard InChI is InChI=1S/C18H14ClNO2S/c1-12-6-8-13(9-7-12)10-16-17(21)20(18(22)23-16)11-14-4-2-3-5-15(14)19/h2-10H,11H2,1H3/b16-10+. The number of carbonyl (C=O) groups is 2. The van der Waals surface area contributed by atoms with Crippen molar-refractivity contribution in [1.29, 1.82) is 0 Å². The zero-order valence-electron chi connectivity index (χ0n) is 12.5. The number of thioether (sulfide) groups is 1. The molecule has 1 saturated heterocycles. The van der Waals surface area contributed by atoms with Crippen molar-refractivity contribution in [1.82, 2.24) is 4.90 Å². The van der Waals surface area contributed by atoms with Crippen LogP contribution in [0.1, 0.15) is 16.7 Å². The van der Waals surface area contributed by atoms with E-state index >= 15 is 0 Å². The summed E-state index contributed by atoms with van der Waals surface area (Å²) in [4.78, 5) is 26.3. The number of imide groups is 1. The Kier molecular flexibility index (Phi) is 4.55. The molecule has 0 saturated carbocycles. The van der Waals surface area contributed by atoms with E-state index in [4.69, 9.17) is 11.6 Å². The summed E-state index contributed by atoms with van der Waals surface area (Å²) in [6.45, 7) is 2.19. The molecule has 0 aliphatic carbocycles. The van der Waals surface area contributed by atoms with E-state index in [-0.39, 0.29) is 17.7 Å². The highest BCUT2D eigenvalue weighted by atomic mass is 35.5. The van der Waals surface area contributed by atoms with Crippen molar-refractivity contribution < 1.29 is 9.59 Å². The Morgan fingerprint density at radius 2 is 1.78 bits per heavy atom. The minimum atomic E-state index is -0.277. The van der Waals surface area contributed by atoms with Crippen molar-refractivity contribution in [3.8, 4) is 0 Å². The molecule has 0 unspecified atom stereocenters. The van der Waals surface area contributed by atoms with Gasteiger partial charge in [0.25, 0.3) is 11.1 Å². The lowest BCUT2D eigenvalue weighted by atomic mass is 10.1. The van der Waals surface area contributed by atoms with Gasteiger partial charge in [0.05, 0.1) is 11.4 Å². The van der Waals surface area contributed by atoms with Gasteiger partial charge in [-0.25, -0.2) is 0 Å². The maximum Gasteiger partial charge on any atom is 0.293 e. The van der Waals surface area contributed by atoms with Crippen molar-refractivity contribution in [3.63, 3.8) is 0 Å². The van der Waals surface area contributed by atoms with Crippen LogP contribution in [-0.2, 0) is 11.3 Å². The highest BCUT2D eigenvalue weighted by Gasteiger charge is 2.35. The Hall–Kier alpha value is -2.04. The Labute approximate surface area is 143 Å². The molecule has 0 atom stereocenters. The molecule has 0 aromatic heterocycles. The number of hydrogen-bond donors (Lipinski definition) is 0. The molecule has 1 aliphatic rings. The molecule has 3 nitrogen and oxygen atoms in total. The van der Waals surface area contributed by atoms with E-state index in [2.05, 4.69) is 0 Å². The van der Waals surface area contributed by atoms with Crippen LogP contribution in [0.4, 0.5) is 4.79 Å². The molecule has 2 aromatic carbocycles. The molecule has 23 heavy (non-hydrogen) atoms. The van der Waals surface area contributed by atoms with Crippen LogP contribution in [0.5, 0.6) is 0 Å². The summed E-state index contributed by atoms with van der Waals surface area (Å²) in [6.07, 6.45) is 1.75. The van der Waals surface area contributed by atoms with Crippen LogP contribution in [0.2, 0.25) is 5.02 Å². The second kappa shape index (κ2) is 6.60. The summed E-state index contributed by atoms with van der Waals surface area (Å²) in [5.41, 5.74) is 2.81. The first-order valence-corrected chi connectivity index (χ1v) is 8.29. The number of rotatable bonds is 3. The van der Waals surface area contributed by atoms with Crippen molar-refractivity contribution in [2.75, 3.05) is 0 Å². The molecule has 0 N–H and O–H groups in total. The van der Waals surface area contributed by atoms with Gasteiger partial charge in [0.2, 0.25) is 0 Å². The lowest BCUT2D eigenvalue weighted by molar-refractivity contribution is -0.123. The summed E-state index contributed by atoms with van der Waals surface area (Å²) < 4.78 is 0. The van der Waals surface area contributed by atoms with E-state index in [1.165, 1.54) is 4.90 Å². The lowest BCUT2D eigenvalue weighted by Crippen LogP contribution is -2.27. The van der Waals surface area contributed by atoms with Crippen molar-refractivity contribution in [3.05, 3.63) is 75.1 Å². The quantitative estimate of drug-likeness (QED) is 0.745. The van der Waals surface area contributed by atoms with Crippen LogP contribution in [0.3, 0.4) is 0 Å². The number of carbonyl (C=O) groups excluding carboxylic acids is 2. The molecular weight excluding hydrogens is 330 g/mol. The van der Waals surface area contributed by atoms with Crippen LogP contribution in [0.25, 0.3) is 6.08 Å². The largest absolute Gasteiger partial charge is 0.293 e. The van der Waals surface area contributed by atoms with Gasteiger partial charge in [-0.3, -0.25) is 14.5 Å². The lowest BCUT2D eigenvalue weighted by Gasteiger charge is -2.13. The first-order valence-electron chi connectivity index (χ1n) is 7.10. The molecule has 2 aromatic rings. The third-order valence-corrected chi connectivity index (χ3v) is 4.81. The number of nitrogens with zero attached hydrogens (tertiary/aromatic N) is 1. The maximum absolute atomic E-state index is 12.5. The molecule has 0 spiro atoms. The molecule has 1 heterocycles. The highest BCUT2D eigenvalue weighted by Crippen LogP contribution is 2.34. The fourth-order valence-corrected chi connectivity index (χ4v) is 3.28. The average Bonchev–Trinajstić information content (AvgIpc) is 2.79. The molecule has 2 amide bonds. The van der Waals surface area contributed by atoms with E-state index < -0.39 is 0 Å². The Morgan fingerprint density at radius 1 is 1.09 bits per heavy atom. The van der Waals surface area contributed by atoms with E-state index in [1.54, 1.807) is 12.1 Å². The Morgan fingerprint density at radius 3 is 2.48 bits per heavy atom. The topological polar surface area (TPSA) is 37.4 Å². The SMILES string of the molecule is Cc1ccc(/C=C2/SC(=O)N(Cc3ccccc3Cl)C2=O)cc1. The third kappa shape index (κ3) is 3.49. The van der Waals surface area contributed by atoms with Crippen LogP contribution in [-0.4, -0.2) is 16.0 Å². The molecule has 3 rings (SSSR count). The summed E-state index contributed by atoms with van der Waals surface area (Å²) in [6, 6.07) is 15.0. The summed E-state index contributed by atoms with van der Waals surface area (Å²) in [7, 11) is 0. The molecule has 1 fully saturated rings. The molecular formula is C18H14ClNO2S. The van der Waals surface area contributed by atoms with Gasteiger partial charge in [-0.1, -0.05) is 59.6 Å². The predicted molar refractivity (Wildman–Crippen MR) is 94.1 cm³/mol. The van der Waals surface area contributed by atoms with E-state index in [0.717, 1.165) is 28.5 Å². The van der Waals surface area contributed by atoms with Gasteiger partial charge in [-0.05, 0) is 42.0 Å². The van der Waals surface area contributed by atoms with Crippen molar-refractivity contribution in [2.45, 2.75) is 13.5 Å². The summed E-state index contributed by atoms with van der Waals surface area (Å²) >= 11 is 7.07. The van der Waals surface area contributed by atoms with Crippen LogP contribution in [0, 0.1) is 6.92 Å². The van der Waals surface area contributed by atoms with Gasteiger partial charge in [0, 0.05) is 5.02 Å². The Balaban J connectivity index is 1.82. The molecule has 0 radical (unpaired) electrons. The van der Waals surface area contributed by atoms with Crippen LogP contribution in [0.15, 0.2) is 53.4 Å². The van der Waals surface area contributed by atoms with Gasteiger partial charge in [0.15, 0.2) is 0 Å². The molecule has 5 heteroatoms. The van der Waals surface area contributed by atoms with E-state index in [9.17, 15) is 9.59 Å². The second-order valence-corrected chi connectivity index (χ2v) is 6.67. The fourth-order valence-electron chi connectivity index (χ4n) is 2.25. The number of halogens is 1. The van der Waals surface area contributed by atoms with E-state index in [1.807, 2.05) is 49.4 Å². The normalized spacial score (nSPS) is 16.4. The molecule has 1 aliphatic heterocycles. The average molecular weight is 344 g/mol. The predicted octanol–water partition coefficient (Wildman–Crippen LogP) is 4.88. The fraction of sp³-hybridized carbons (Fsp3) is 0.111. The van der Waals surface area contributed by atoms with Crippen molar-refractivity contribution >= 4 is 40.6 Å². The summed E-state index contributed by atoms with van der Waals surface area (Å²) in [5, 5.41) is 0.280. The number of benzene rings is 2. The Bertz CT molecular complexity index is 799. The maximum atomic E-state index is 12.5. The summed E-state index contributed by atoms with van der Waals surface area (Å²) in [5.74, 6) is -0.277. The van der Waals surface area contributed by atoms with Gasteiger partial charge in [0.1, 0.15) is 0 Å². The zero-order chi connectivity index (χ0) is 16.4. The number of hydrogen-bond acceptors (Lipinski definition) is 3. The minimum Gasteiger partial charge on any atom is -0.268 e. The number of amides is 2. The van der Waals surface area contributed by atoms with Crippen molar-refractivity contribution in [2.24, 2.45) is 0 Å². The second-order valence-electron chi connectivity index (χ2n) is 5.27. The van der Waals surface area contributed by atoms with Gasteiger partial charge in [-0.2, -0.15) is 0 Å². The molecule has 116 valence electrons. The van der Waals surface area contributed by atoms with Crippen LogP contribution < -0.4 is 0 Å². The van der Waals surface area contributed by atoms with E-state index in [0.29, 0.717) is 9.93 Å². The third-order valence-electron chi connectivity index (χ3n) is 3.53.